The van der Waals surface area contributed by atoms with Crippen molar-refractivity contribution in [3.05, 3.63) is 59.7 Å². The monoisotopic (exact) mass is 443 g/mol. The molecule has 2 amide bonds. The highest BCUT2D eigenvalue weighted by atomic mass is 32.2. The second-order valence-corrected chi connectivity index (χ2v) is 9.94. The van der Waals surface area contributed by atoms with Gasteiger partial charge in [0, 0.05) is 37.3 Å². The van der Waals surface area contributed by atoms with Crippen molar-refractivity contribution in [1.82, 2.24) is 9.62 Å². The van der Waals surface area contributed by atoms with E-state index < -0.39 is 10.0 Å². The Morgan fingerprint density at radius 3 is 2.48 bits per heavy atom. The molecule has 1 aliphatic heterocycles. The van der Waals surface area contributed by atoms with Crippen molar-refractivity contribution < 1.29 is 18.0 Å². The molecule has 0 aliphatic carbocycles. The fourth-order valence-corrected chi connectivity index (χ4v) is 5.26. The van der Waals surface area contributed by atoms with Gasteiger partial charge in [-0.3, -0.25) is 9.59 Å². The molecule has 0 bridgehead atoms. The van der Waals surface area contributed by atoms with Crippen molar-refractivity contribution >= 4 is 27.5 Å². The van der Waals surface area contributed by atoms with Crippen molar-refractivity contribution in [2.45, 2.75) is 38.0 Å². The van der Waals surface area contributed by atoms with Gasteiger partial charge in [-0.25, -0.2) is 8.42 Å². The highest BCUT2D eigenvalue weighted by Crippen LogP contribution is 2.24. The number of amides is 2. The van der Waals surface area contributed by atoms with Gasteiger partial charge in [-0.15, -0.1) is 0 Å². The smallest absolute Gasteiger partial charge is 0.251 e. The van der Waals surface area contributed by atoms with E-state index in [1.807, 2.05) is 19.1 Å². The fourth-order valence-electron chi connectivity index (χ4n) is 3.66. The van der Waals surface area contributed by atoms with E-state index in [1.165, 1.54) is 16.4 Å². The number of sulfonamides is 1. The topological polar surface area (TPSA) is 95.6 Å². The molecule has 0 saturated carbocycles. The number of nitrogens with zero attached hydrogens (tertiary/aromatic N) is 1. The Balaban J connectivity index is 1.51. The number of anilines is 1. The summed E-state index contributed by atoms with van der Waals surface area (Å²) in [6.45, 7) is 5.20. The van der Waals surface area contributed by atoms with E-state index in [4.69, 9.17) is 0 Å². The van der Waals surface area contributed by atoms with Gasteiger partial charge >= 0.3 is 0 Å². The molecule has 2 N–H and O–H groups in total. The van der Waals surface area contributed by atoms with Crippen LogP contribution in [0.5, 0.6) is 0 Å². The Morgan fingerprint density at radius 1 is 1.10 bits per heavy atom. The summed E-state index contributed by atoms with van der Waals surface area (Å²) < 4.78 is 27.2. The Bertz CT molecular complexity index is 1040. The molecule has 166 valence electrons. The quantitative estimate of drug-likeness (QED) is 0.687. The second-order valence-electron chi connectivity index (χ2n) is 8.00. The van der Waals surface area contributed by atoms with E-state index in [0.29, 0.717) is 30.3 Å². The van der Waals surface area contributed by atoms with Crippen LogP contribution < -0.4 is 10.6 Å². The van der Waals surface area contributed by atoms with Crippen molar-refractivity contribution in [2.24, 2.45) is 5.92 Å². The third-order valence-corrected chi connectivity index (χ3v) is 7.30. The van der Waals surface area contributed by atoms with Crippen molar-refractivity contribution in [3.8, 4) is 0 Å². The maximum Gasteiger partial charge on any atom is 0.251 e. The molecule has 7 nitrogen and oxygen atoms in total. The van der Waals surface area contributed by atoms with E-state index in [-0.39, 0.29) is 29.7 Å². The van der Waals surface area contributed by atoms with Crippen LogP contribution in [0.3, 0.4) is 0 Å². The maximum absolute atomic E-state index is 12.8. The average molecular weight is 444 g/mol. The van der Waals surface area contributed by atoms with E-state index in [0.717, 1.165) is 18.4 Å². The Kier molecular flexibility index (Phi) is 7.46. The molecule has 1 aliphatic rings. The number of hydrogen-bond acceptors (Lipinski definition) is 4. The van der Waals surface area contributed by atoms with Gasteiger partial charge in [0.25, 0.3) is 5.91 Å². The molecule has 0 spiro atoms. The summed E-state index contributed by atoms with van der Waals surface area (Å²) in [4.78, 5) is 24.6. The molecule has 2 aromatic rings. The number of benzene rings is 2. The number of carbonyl (C=O) groups excluding carboxylic acids is 2. The van der Waals surface area contributed by atoms with Crippen molar-refractivity contribution in [1.29, 1.82) is 0 Å². The molecule has 8 heteroatoms. The Morgan fingerprint density at radius 2 is 1.81 bits per heavy atom. The summed E-state index contributed by atoms with van der Waals surface area (Å²) in [6.07, 6.45) is 2.03. The van der Waals surface area contributed by atoms with Gasteiger partial charge < -0.3 is 10.6 Å². The summed E-state index contributed by atoms with van der Waals surface area (Å²) in [5.41, 5.74) is 1.97. The van der Waals surface area contributed by atoms with E-state index in [1.54, 1.807) is 24.3 Å². The largest absolute Gasteiger partial charge is 0.352 e. The van der Waals surface area contributed by atoms with Gasteiger partial charge in [0.2, 0.25) is 15.9 Å². The third-order valence-electron chi connectivity index (χ3n) is 5.42. The minimum atomic E-state index is -3.52. The molecule has 1 atom stereocenters. The van der Waals surface area contributed by atoms with Crippen LogP contribution in [0, 0.1) is 12.8 Å². The molecule has 0 radical (unpaired) electrons. The number of nitrogens with one attached hydrogen (secondary N) is 2. The van der Waals surface area contributed by atoms with E-state index in [2.05, 4.69) is 17.6 Å². The highest BCUT2D eigenvalue weighted by molar-refractivity contribution is 7.89. The maximum atomic E-state index is 12.8. The average Bonchev–Trinajstić information content (AvgIpc) is 2.74. The SMILES string of the molecule is Cc1ccccc1C(=O)NCCC(=O)Nc1ccc(S(=O)(=O)N2CCCC(C)C2)cc1. The molecule has 0 aromatic heterocycles. The summed E-state index contributed by atoms with van der Waals surface area (Å²) in [6, 6.07) is 13.5. The van der Waals surface area contributed by atoms with Crippen LogP contribution in [0.15, 0.2) is 53.4 Å². The molecule has 1 fully saturated rings. The summed E-state index contributed by atoms with van der Waals surface area (Å²) in [7, 11) is -3.52. The minimum Gasteiger partial charge on any atom is -0.352 e. The lowest BCUT2D eigenvalue weighted by Crippen LogP contribution is -2.39. The van der Waals surface area contributed by atoms with E-state index >= 15 is 0 Å². The van der Waals surface area contributed by atoms with Gasteiger partial charge in [-0.1, -0.05) is 25.1 Å². The van der Waals surface area contributed by atoms with Gasteiger partial charge in [0.05, 0.1) is 4.90 Å². The predicted octanol–water partition coefficient (Wildman–Crippen LogP) is 3.17. The Hall–Kier alpha value is -2.71. The minimum absolute atomic E-state index is 0.114. The lowest BCUT2D eigenvalue weighted by atomic mass is 10.0. The third kappa shape index (κ3) is 5.92. The molecule has 2 aromatic carbocycles. The van der Waals surface area contributed by atoms with Gasteiger partial charge in [0.1, 0.15) is 0 Å². The van der Waals surface area contributed by atoms with Crippen molar-refractivity contribution in [3.63, 3.8) is 0 Å². The number of aryl methyl sites for hydroxylation is 1. The molecule has 31 heavy (non-hydrogen) atoms. The van der Waals surface area contributed by atoms with Crippen LogP contribution >= 0.6 is 0 Å². The summed E-state index contributed by atoms with van der Waals surface area (Å²) in [5, 5.41) is 5.47. The zero-order valence-corrected chi connectivity index (χ0v) is 18.7. The fraction of sp³-hybridized carbons (Fsp3) is 0.391. The van der Waals surface area contributed by atoms with Gasteiger partial charge in [-0.2, -0.15) is 4.31 Å². The van der Waals surface area contributed by atoms with Crippen LogP contribution in [0.25, 0.3) is 0 Å². The predicted molar refractivity (Wildman–Crippen MR) is 120 cm³/mol. The van der Waals surface area contributed by atoms with Gasteiger partial charge in [0.15, 0.2) is 0 Å². The highest BCUT2D eigenvalue weighted by Gasteiger charge is 2.28. The zero-order chi connectivity index (χ0) is 22.4. The Labute approximate surface area is 183 Å². The molecule has 1 heterocycles. The van der Waals surface area contributed by atoms with Crippen LogP contribution in [-0.4, -0.2) is 44.2 Å². The number of rotatable bonds is 7. The van der Waals surface area contributed by atoms with Gasteiger partial charge in [-0.05, 0) is 61.6 Å². The van der Waals surface area contributed by atoms with Crippen LogP contribution in [0.4, 0.5) is 5.69 Å². The number of piperidine rings is 1. The first-order valence-electron chi connectivity index (χ1n) is 10.5. The molecule has 1 unspecified atom stereocenters. The van der Waals surface area contributed by atoms with Crippen LogP contribution in [-0.2, 0) is 14.8 Å². The van der Waals surface area contributed by atoms with E-state index in [9.17, 15) is 18.0 Å². The number of hydrogen-bond donors (Lipinski definition) is 2. The lowest BCUT2D eigenvalue weighted by Gasteiger charge is -2.30. The first-order valence-corrected chi connectivity index (χ1v) is 12.0. The lowest BCUT2D eigenvalue weighted by molar-refractivity contribution is -0.116. The molecule has 3 rings (SSSR count). The molecule has 1 saturated heterocycles. The van der Waals surface area contributed by atoms with Crippen molar-refractivity contribution in [2.75, 3.05) is 25.0 Å². The first kappa shape index (κ1) is 23.0. The first-order chi connectivity index (χ1) is 14.8. The molecular weight excluding hydrogens is 414 g/mol. The second kappa shape index (κ2) is 10.1. The van der Waals surface area contributed by atoms with Crippen LogP contribution in [0.2, 0.25) is 0 Å². The number of carbonyl (C=O) groups is 2. The van der Waals surface area contributed by atoms with Crippen LogP contribution in [0.1, 0.15) is 42.1 Å². The zero-order valence-electron chi connectivity index (χ0n) is 17.9. The standard InChI is InChI=1S/C23H29N3O4S/c1-17-6-5-15-26(16-17)31(29,30)20-11-9-19(10-12-20)25-22(27)13-14-24-23(28)21-8-4-3-7-18(21)2/h3-4,7-12,17H,5-6,13-16H2,1-2H3,(H,24,28)(H,25,27). The normalized spacial score (nSPS) is 17.2. The summed E-state index contributed by atoms with van der Waals surface area (Å²) >= 11 is 0. The summed E-state index contributed by atoms with van der Waals surface area (Å²) in [5.74, 6) is -0.119. The molecular formula is C23H29N3O4S.